The van der Waals surface area contributed by atoms with Gasteiger partial charge in [-0.3, -0.25) is 0 Å². The van der Waals surface area contributed by atoms with Crippen molar-refractivity contribution >= 4 is 5.69 Å². The van der Waals surface area contributed by atoms with Gasteiger partial charge in [0, 0.05) is 11.8 Å². The quantitative estimate of drug-likeness (QED) is 0.704. The third-order valence-corrected chi connectivity index (χ3v) is 2.43. The van der Waals surface area contributed by atoms with E-state index in [4.69, 9.17) is 10.5 Å². The monoisotopic (exact) mass is 177 g/mol. The Labute approximate surface area is 78.7 Å². The van der Waals surface area contributed by atoms with Crippen molar-refractivity contribution in [2.45, 2.75) is 32.3 Å². The molecule has 0 aromatic heterocycles. The van der Waals surface area contributed by atoms with Crippen LogP contribution in [0, 0.1) is 6.92 Å². The van der Waals surface area contributed by atoms with Crippen molar-refractivity contribution in [3.05, 3.63) is 23.8 Å². The van der Waals surface area contributed by atoms with Gasteiger partial charge in [0.1, 0.15) is 5.75 Å². The molecule has 2 heteroatoms. The zero-order valence-corrected chi connectivity index (χ0v) is 7.92. The SMILES string of the molecule is Cc1cc(N)cc(OC2CCC2)c1. The number of rotatable bonds is 2. The topological polar surface area (TPSA) is 35.2 Å². The number of ether oxygens (including phenoxy) is 1. The summed E-state index contributed by atoms with van der Waals surface area (Å²) in [6.07, 6.45) is 4.11. The van der Waals surface area contributed by atoms with Crippen LogP contribution in [0.5, 0.6) is 5.75 Å². The molecule has 1 aliphatic carbocycles. The van der Waals surface area contributed by atoms with Crippen molar-refractivity contribution in [3.63, 3.8) is 0 Å². The molecule has 2 N–H and O–H groups in total. The number of hydrogen-bond acceptors (Lipinski definition) is 2. The summed E-state index contributed by atoms with van der Waals surface area (Å²) in [4.78, 5) is 0. The maximum Gasteiger partial charge on any atom is 0.122 e. The van der Waals surface area contributed by atoms with Crippen LogP contribution >= 0.6 is 0 Å². The Balaban J connectivity index is 2.10. The van der Waals surface area contributed by atoms with E-state index in [0.717, 1.165) is 17.0 Å². The lowest BCUT2D eigenvalue weighted by Crippen LogP contribution is -2.24. The molecule has 0 aliphatic heterocycles. The van der Waals surface area contributed by atoms with E-state index in [0.29, 0.717) is 6.10 Å². The molecule has 0 bridgehead atoms. The van der Waals surface area contributed by atoms with Crippen LogP contribution in [0.2, 0.25) is 0 Å². The predicted octanol–water partition coefficient (Wildman–Crippen LogP) is 2.51. The van der Waals surface area contributed by atoms with Crippen LogP contribution in [0.3, 0.4) is 0 Å². The molecule has 0 atom stereocenters. The van der Waals surface area contributed by atoms with Crippen molar-refractivity contribution in [2.24, 2.45) is 0 Å². The Hall–Kier alpha value is -1.18. The van der Waals surface area contributed by atoms with Crippen LogP contribution in [-0.4, -0.2) is 6.10 Å². The van der Waals surface area contributed by atoms with Gasteiger partial charge in [-0.2, -0.15) is 0 Å². The van der Waals surface area contributed by atoms with Gasteiger partial charge in [-0.1, -0.05) is 0 Å². The highest BCUT2D eigenvalue weighted by molar-refractivity contribution is 5.47. The van der Waals surface area contributed by atoms with Crippen LogP contribution in [0.25, 0.3) is 0 Å². The second-order valence-corrected chi connectivity index (χ2v) is 3.75. The van der Waals surface area contributed by atoms with Crippen molar-refractivity contribution in [3.8, 4) is 5.75 Å². The number of anilines is 1. The van der Waals surface area contributed by atoms with E-state index in [1.807, 2.05) is 25.1 Å². The third-order valence-electron chi connectivity index (χ3n) is 2.43. The van der Waals surface area contributed by atoms with Gasteiger partial charge >= 0.3 is 0 Å². The highest BCUT2D eigenvalue weighted by atomic mass is 16.5. The van der Waals surface area contributed by atoms with Crippen molar-refractivity contribution in [1.82, 2.24) is 0 Å². The van der Waals surface area contributed by atoms with E-state index in [1.165, 1.54) is 19.3 Å². The molecule has 0 amide bonds. The van der Waals surface area contributed by atoms with Gasteiger partial charge < -0.3 is 10.5 Å². The second-order valence-electron chi connectivity index (χ2n) is 3.75. The van der Waals surface area contributed by atoms with Crippen LogP contribution in [0.1, 0.15) is 24.8 Å². The van der Waals surface area contributed by atoms with E-state index in [-0.39, 0.29) is 0 Å². The summed E-state index contributed by atoms with van der Waals surface area (Å²) < 4.78 is 5.73. The number of nitrogen functional groups attached to an aromatic ring is 1. The first-order valence-corrected chi connectivity index (χ1v) is 4.78. The highest BCUT2D eigenvalue weighted by Crippen LogP contribution is 2.26. The Morgan fingerprint density at radius 1 is 1.31 bits per heavy atom. The number of aryl methyl sites for hydroxylation is 1. The molecule has 0 unspecified atom stereocenters. The summed E-state index contributed by atoms with van der Waals surface area (Å²) in [5, 5.41) is 0. The molecule has 13 heavy (non-hydrogen) atoms. The predicted molar refractivity (Wildman–Crippen MR) is 53.9 cm³/mol. The molecular weight excluding hydrogens is 162 g/mol. The first kappa shape index (κ1) is 8.42. The summed E-state index contributed by atoms with van der Waals surface area (Å²) >= 11 is 0. The summed E-state index contributed by atoms with van der Waals surface area (Å²) in [6, 6.07) is 5.88. The molecule has 2 nitrogen and oxygen atoms in total. The van der Waals surface area contributed by atoms with Gasteiger partial charge in [-0.15, -0.1) is 0 Å². The first-order valence-electron chi connectivity index (χ1n) is 4.78. The molecule has 1 aromatic rings. The molecule has 1 aromatic carbocycles. The highest BCUT2D eigenvalue weighted by Gasteiger charge is 2.18. The summed E-state index contributed by atoms with van der Waals surface area (Å²) in [7, 11) is 0. The Bertz CT molecular complexity index is 285. The summed E-state index contributed by atoms with van der Waals surface area (Å²) in [5.74, 6) is 0.919. The minimum absolute atomic E-state index is 0.432. The largest absolute Gasteiger partial charge is 0.490 e. The van der Waals surface area contributed by atoms with Gasteiger partial charge in [-0.25, -0.2) is 0 Å². The molecule has 70 valence electrons. The third kappa shape index (κ3) is 1.94. The standard InChI is InChI=1S/C11H15NO/c1-8-5-9(12)7-11(6-8)13-10-3-2-4-10/h5-7,10H,2-4,12H2,1H3. The van der Waals surface area contributed by atoms with E-state index in [2.05, 4.69) is 0 Å². The lowest BCUT2D eigenvalue weighted by atomic mass is 9.96. The smallest absolute Gasteiger partial charge is 0.122 e. The van der Waals surface area contributed by atoms with Gasteiger partial charge in [0.25, 0.3) is 0 Å². The van der Waals surface area contributed by atoms with E-state index in [9.17, 15) is 0 Å². The fraction of sp³-hybridized carbons (Fsp3) is 0.455. The molecule has 0 heterocycles. The number of benzene rings is 1. The lowest BCUT2D eigenvalue weighted by Gasteiger charge is -2.26. The Morgan fingerprint density at radius 3 is 2.62 bits per heavy atom. The average molecular weight is 177 g/mol. The molecule has 1 saturated carbocycles. The van der Waals surface area contributed by atoms with Gasteiger partial charge in [-0.05, 0) is 43.9 Å². The number of nitrogens with two attached hydrogens (primary N) is 1. The van der Waals surface area contributed by atoms with Gasteiger partial charge in [0.2, 0.25) is 0 Å². The lowest BCUT2D eigenvalue weighted by molar-refractivity contribution is 0.120. The minimum atomic E-state index is 0.432. The van der Waals surface area contributed by atoms with E-state index < -0.39 is 0 Å². The minimum Gasteiger partial charge on any atom is -0.490 e. The Morgan fingerprint density at radius 2 is 2.08 bits per heavy atom. The molecule has 1 aliphatic rings. The maximum atomic E-state index is 5.73. The fourth-order valence-electron chi connectivity index (χ4n) is 1.53. The Kier molecular flexibility index (Phi) is 2.13. The second kappa shape index (κ2) is 3.29. The first-order chi connectivity index (χ1) is 6.24. The van der Waals surface area contributed by atoms with E-state index >= 15 is 0 Å². The fourth-order valence-corrected chi connectivity index (χ4v) is 1.53. The van der Waals surface area contributed by atoms with Crippen molar-refractivity contribution in [2.75, 3.05) is 5.73 Å². The molecular formula is C11H15NO. The zero-order valence-electron chi connectivity index (χ0n) is 7.92. The van der Waals surface area contributed by atoms with Crippen molar-refractivity contribution in [1.29, 1.82) is 0 Å². The van der Waals surface area contributed by atoms with E-state index in [1.54, 1.807) is 0 Å². The maximum absolute atomic E-state index is 5.73. The zero-order chi connectivity index (χ0) is 9.26. The molecule has 2 rings (SSSR count). The molecule has 0 radical (unpaired) electrons. The van der Waals surface area contributed by atoms with Crippen LogP contribution in [0.4, 0.5) is 5.69 Å². The normalized spacial score (nSPS) is 16.7. The molecule has 0 saturated heterocycles. The average Bonchev–Trinajstić information content (AvgIpc) is 1.95. The van der Waals surface area contributed by atoms with Crippen LogP contribution in [0.15, 0.2) is 18.2 Å². The van der Waals surface area contributed by atoms with Crippen molar-refractivity contribution < 1.29 is 4.74 Å². The van der Waals surface area contributed by atoms with Gasteiger partial charge in [0.05, 0.1) is 6.10 Å². The van der Waals surface area contributed by atoms with Crippen LogP contribution < -0.4 is 10.5 Å². The van der Waals surface area contributed by atoms with Gasteiger partial charge in [0.15, 0.2) is 0 Å². The summed E-state index contributed by atoms with van der Waals surface area (Å²) in [6.45, 7) is 2.03. The van der Waals surface area contributed by atoms with Crippen LogP contribution in [-0.2, 0) is 0 Å². The number of hydrogen-bond donors (Lipinski definition) is 1. The molecule has 1 fully saturated rings. The summed E-state index contributed by atoms with van der Waals surface area (Å²) in [5.41, 5.74) is 7.66. The molecule has 0 spiro atoms.